The number of aryl methyl sites for hydroxylation is 1. The van der Waals surface area contributed by atoms with Crippen molar-refractivity contribution in [2.45, 2.75) is 13.0 Å². The highest BCUT2D eigenvalue weighted by molar-refractivity contribution is 7.81. The molecule has 1 N–H and O–H groups in total. The quantitative estimate of drug-likeness (QED) is 0.846. The first-order valence-corrected chi connectivity index (χ1v) is 7.97. The average molecular weight is 341 g/mol. The number of hydrogen-bond donors (Lipinski definition) is 1. The molecule has 0 fully saturated rings. The topological polar surface area (TPSA) is 99.5 Å². The molecule has 122 valence electrons. The van der Waals surface area contributed by atoms with Crippen LogP contribution in [0, 0.1) is 0 Å². The standard InChI is InChI=1S/C13H12FN3O5S/c14-23(19,20)22-10-4-2-9(3-5-10)16-12(18)11-8-15-17-6-1-7-21-13(11)17/h2-5,8H,1,6-7H2,(H,16,18). The molecule has 2 aromatic rings. The van der Waals surface area contributed by atoms with Crippen LogP contribution in [-0.2, 0) is 17.0 Å². The summed E-state index contributed by atoms with van der Waals surface area (Å²) in [5.74, 6) is -0.200. The molecule has 10 heteroatoms. The van der Waals surface area contributed by atoms with Gasteiger partial charge < -0.3 is 14.2 Å². The zero-order valence-electron chi connectivity index (χ0n) is 11.7. The number of fused-ring (bicyclic) bond motifs is 1. The Bertz CT molecular complexity index is 832. The third-order valence-electron chi connectivity index (χ3n) is 3.10. The second kappa shape index (κ2) is 5.88. The Balaban J connectivity index is 1.72. The van der Waals surface area contributed by atoms with Crippen LogP contribution in [0.5, 0.6) is 11.6 Å². The molecular weight excluding hydrogens is 329 g/mol. The first-order valence-electron chi connectivity index (χ1n) is 6.66. The van der Waals surface area contributed by atoms with Crippen molar-refractivity contribution >= 4 is 22.1 Å². The first-order chi connectivity index (χ1) is 10.9. The molecule has 0 radical (unpaired) electrons. The van der Waals surface area contributed by atoms with Crippen molar-refractivity contribution in [2.24, 2.45) is 0 Å². The van der Waals surface area contributed by atoms with Crippen molar-refractivity contribution in [3.05, 3.63) is 36.0 Å². The van der Waals surface area contributed by atoms with Crippen LogP contribution in [-0.4, -0.2) is 30.7 Å². The molecule has 3 rings (SSSR count). The Morgan fingerprint density at radius 2 is 2.09 bits per heavy atom. The van der Waals surface area contributed by atoms with E-state index < -0.39 is 16.4 Å². The lowest BCUT2D eigenvalue weighted by molar-refractivity contribution is 0.102. The van der Waals surface area contributed by atoms with Gasteiger partial charge in [0.2, 0.25) is 5.88 Å². The highest BCUT2D eigenvalue weighted by Gasteiger charge is 2.21. The van der Waals surface area contributed by atoms with Crippen molar-refractivity contribution in [3.8, 4) is 11.6 Å². The number of ether oxygens (including phenoxy) is 1. The number of anilines is 1. The maximum atomic E-state index is 12.4. The van der Waals surface area contributed by atoms with Gasteiger partial charge in [-0.15, -0.1) is 0 Å². The van der Waals surface area contributed by atoms with Gasteiger partial charge in [0, 0.05) is 18.7 Å². The second-order valence-corrected chi connectivity index (χ2v) is 5.70. The minimum absolute atomic E-state index is 0.197. The Labute approximate surface area is 131 Å². The van der Waals surface area contributed by atoms with Gasteiger partial charge >= 0.3 is 10.5 Å². The number of amides is 1. The number of carbonyl (C=O) groups is 1. The van der Waals surface area contributed by atoms with Crippen LogP contribution in [0.3, 0.4) is 0 Å². The zero-order valence-corrected chi connectivity index (χ0v) is 12.5. The molecule has 0 saturated heterocycles. The number of rotatable bonds is 4. The summed E-state index contributed by atoms with van der Waals surface area (Å²) in [7, 11) is -5.07. The highest BCUT2D eigenvalue weighted by atomic mass is 32.3. The Morgan fingerprint density at radius 1 is 1.35 bits per heavy atom. The van der Waals surface area contributed by atoms with E-state index in [0.29, 0.717) is 30.3 Å². The zero-order chi connectivity index (χ0) is 16.4. The van der Waals surface area contributed by atoms with E-state index in [-0.39, 0.29) is 5.75 Å². The van der Waals surface area contributed by atoms with Gasteiger partial charge in [0.1, 0.15) is 11.3 Å². The highest BCUT2D eigenvalue weighted by Crippen LogP contribution is 2.24. The fourth-order valence-corrected chi connectivity index (χ4v) is 2.47. The van der Waals surface area contributed by atoms with Gasteiger partial charge in [-0.05, 0) is 24.3 Å². The number of hydrogen-bond acceptors (Lipinski definition) is 6. The van der Waals surface area contributed by atoms with E-state index in [1.54, 1.807) is 4.68 Å². The summed E-state index contributed by atoms with van der Waals surface area (Å²) in [5.41, 5.74) is 0.686. The van der Waals surface area contributed by atoms with E-state index >= 15 is 0 Å². The van der Waals surface area contributed by atoms with E-state index in [1.165, 1.54) is 30.5 Å². The summed E-state index contributed by atoms with van der Waals surface area (Å²) in [5, 5.41) is 6.69. The monoisotopic (exact) mass is 341 g/mol. The number of carbonyl (C=O) groups excluding carboxylic acids is 1. The van der Waals surface area contributed by atoms with Crippen molar-refractivity contribution in [2.75, 3.05) is 11.9 Å². The van der Waals surface area contributed by atoms with Gasteiger partial charge in [-0.3, -0.25) is 4.79 Å². The first kappa shape index (κ1) is 15.3. The molecule has 1 amide bonds. The molecule has 1 aliphatic rings. The van der Waals surface area contributed by atoms with Crippen LogP contribution in [0.2, 0.25) is 0 Å². The van der Waals surface area contributed by atoms with Gasteiger partial charge in [0.15, 0.2) is 0 Å². The van der Waals surface area contributed by atoms with Crippen molar-refractivity contribution in [1.29, 1.82) is 0 Å². The van der Waals surface area contributed by atoms with Crippen molar-refractivity contribution in [1.82, 2.24) is 9.78 Å². The average Bonchev–Trinajstić information content (AvgIpc) is 2.92. The number of benzene rings is 1. The van der Waals surface area contributed by atoms with Gasteiger partial charge in [-0.1, -0.05) is 3.89 Å². The third kappa shape index (κ3) is 3.59. The summed E-state index contributed by atoms with van der Waals surface area (Å²) < 4.78 is 44.3. The normalized spacial score (nSPS) is 13.8. The van der Waals surface area contributed by atoms with Crippen LogP contribution >= 0.6 is 0 Å². The summed E-state index contributed by atoms with van der Waals surface area (Å²) in [4.78, 5) is 12.2. The summed E-state index contributed by atoms with van der Waals surface area (Å²) in [6.07, 6.45) is 2.25. The van der Waals surface area contributed by atoms with E-state index in [4.69, 9.17) is 4.74 Å². The molecule has 0 aliphatic carbocycles. The fraction of sp³-hybridized carbons (Fsp3) is 0.231. The molecule has 1 aromatic carbocycles. The fourth-order valence-electron chi connectivity index (χ4n) is 2.13. The molecule has 23 heavy (non-hydrogen) atoms. The molecular formula is C13H12FN3O5S. The summed E-state index contributed by atoms with van der Waals surface area (Å²) >= 11 is 0. The van der Waals surface area contributed by atoms with E-state index in [9.17, 15) is 17.1 Å². The van der Waals surface area contributed by atoms with Crippen LogP contribution < -0.4 is 14.2 Å². The molecule has 0 bridgehead atoms. The predicted molar refractivity (Wildman–Crippen MR) is 77.4 cm³/mol. The van der Waals surface area contributed by atoms with Crippen molar-refractivity contribution in [3.63, 3.8) is 0 Å². The molecule has 1 aliphatic heterocycles. The maximum absolute atomic E-state index is 12.4. The number of nitrogens with one attached hydrogen (secondary N) is 1. The van der Waals surface area contributed by atoms with Crippen LogP contribution in [0.25, 0.3) is 0 Å². The van der Waals surface area contributed by atoms with E-state index in [2.05, 4.69) is 14.6 Å². The molecule has 8 nitrogen and oxygen atoms in total. The Hall–Kier alpha value is -2.62. The lowest BCUT2D eigenvalue weighted by atomic mass is 10.2. The minimum Gasteiger partial charge on any atom is -0.477 e. The summed E-state index contributed by atoms with van der Waals surface area (Å²) in [6, 6.07) is 5.21. The van der Waals surface area contributed by atoms with Crippen LogP contribution in [0.1, 0.15) is 16.8 Å². The van der Waals surface area contributed by atoms with Crippen LogP contribution in [0.4, 0.5) is 9.57 Å². The molecule has 0 saturated carbocycles. The lowest BCUT2D eigenvalue weighted by Gasteiger charge is -2.15. The molecule has 2 heterocycles. The molecule has 1 aromatic heterocycles. The maximum Gasteiger partial charge on any atom is 0.488 e. The predicted octanol–water partition coefficient (Wildman–Crippen LogP) is 1.51. The minimum atomic E-state index is -5.07. The lowest BCUT2D eigenvalue weighted by Crippen LogP contribution is -2.18. The third-order valence-corrected chi connectivity index (χ3v) is 3.49. The van der Waals surface area contributed by atoms with Gasteiger partial charge in [-0.25, -0.2) is 4.68 Å². The number of nitrogens with zero attached hydrogens (tertiary/aromatic N) is 2. The van der Waals surface area contributed by atoms with Crippen LogP contribution in [0.15, 0.2) is 30.5 Å². The number of aromatic nitrogens is 2. The molecule has 0 atom stereocenters. The second-order valence-electron chi connectivity index (χ2n) is 4.74. The van der Waals surface area contributed by atoms with E-state index in [1.807, 2.05) is 0 Å². The molecule has 0 spiro atoms. The molecule has 0 unspecified atom stereocenters. The largest absolute Gasteiger partial charge is 0.488 e. The summed E-state index contributed by atoms with van der Waals surface area (Å²) in [6.45, 7) is 1.21. The van der Waals surface area contributed by atoms with Gasteiger partial charge in [0.05, 0.1) is 12.8 Å². The van der Waals surface area contributed by atoms with E-state index in [0.717, 1.165) is 6.42 Å². The number of halogens is 1. The SMILES string of the molecule is O=C(Nc1ccc(OS(=O)(=O)F)cc1)c1cnn2c1OCCC2. The van der Waals surface area contributed by atoms with Gasteiger partial charge in [0.25, 0.3) is 5.91 Å². The Morgan fingerprint density at radius 3 is 2.78 bits per heavy atom. The Kier molecular flexibility index (Phi) is 3.90. The van der Waals surface area contributed by atoms with Crippen molar-refractivity contribution < 1.29 is 26.0 Å². The smallest absolute Gasteiger partial charge is 0.477 e. The van der Waals surface area contributed by atoms with Gasteiger partial charge in [-0.2, -0.15) is 13.5 Å².